The molecule has 0 spiro atoms. The molecule has 0 aliphatic carbocycles. The second kappa shape index (κ2) is 8.28. The first-order chi connectivity index (χ1) is 12.1. The van der Waals surface area contributed by atoms with Crippen molar-refractivity contribution in [2.24, 2.45) is 5.92 Å². The first-order valence-electron chi connectivity index (χ1n) is 9.54. The van der Waals surface area contributed by atoms with Crippen molar-refractivity contribution in [2.75, 3.05) is 46.3 Å². The Labute approximate surface area is 150 Å². The van der Waals surface area contributed by atoms with Crippen molar-refractivity contribution in [2.45, 2.75) is 32.2 Å². The van der Waals surface area contributed by atoms with Gasteiger partial charge in [0.05, 0.1) is 0 Å². The number of amides is 1. The van der Waals surface area contributed by atoms with Crippen LogP contribution in [0.3, 0.4) is 0 Å². The lowest BCUT2D eigenvalue weighted by Gasteiger charge is -2.44. The van der Waals surface area contributed by atoms with Crippen LogP contribution in [-0.4, -0.2) is 66.9 Å². The molecule has 3 rings (SSSR count). The van der Waals surface area contributed by atoms with Crippen molar-refractivity contribution in [3.63, 3.8) is 0 Å². The fraction of sp³-hybridized carbons (Fsp3) is 0.650. The van der Waals surface area contributed by atoms with Crippen LogP contribution in [0.25, 0.3) is 0 Å². The Morgan fingerprint density at radius 1 is 1.08 bits per heavy atom. The summed E-state index contributed by atoms with van der Waals surface area (Å²) in [5, 5.41) is 0. The van der Waals surface area contributed by atoms with E-state index in [2.05, 4.69) is 16.8 Å². The molecule has 1 amide bonds. The number of likely N-dealkylation sites (N-methyl/N-ethyl adjacent to an activating group) is 1. The molecule has 2 saturated heterocycles. The zero-order chi connectivity index (χ0) is 17.8. The van der Waals surface area contributed by atoms with Crippen molar-refractivity contribution in [1.29, 1.82) is 0 Å². The van der Waals surface area contributed by atoms with Crippen LogP contribution in [0, 0.1) is 11.7 Å². The molecule has 138 valence electrons. The van der Waals surface area contributed by atoms with Crippen LogP contribution in [0.2, 0.25) is 0 Å². The van der Waals surface area contributed by atoms with Crippen LogP contribution in [-0.2, 0) is 4.79 Å². The summed E-state index contributed by atoms with van der Waals surface area (Å²) in [6, 6.07) is 7.37. The summed E-state index contributed by atoms with van der Waals surface area (Å²) in [5.74, 6) is 0.607. The second-order valence-corrected chi connectivity index (χ2v) is 7.41. The van der Waals surface area contributed by atoms with Gasteiger partial charge in [0.25, 0.3) is 0 Å². The van der Waals surface area contributed by atoms with Crippen molar-refractivity contribution in [1.82, 2.24) is 14.7 Å². The number of benzene rings is 1. The number of carbonyl (C=O) groups excluding carboxylic acids is 1. The SMILES string of the molecule is CCC(=O)N1CCC(C(c2ccc(F)cc2)N2CCN(C)CC2)CC1. The lowest BCUT2D eigenvalue weighted by molar-refractivity contribution is -0.132. The Hall–Kier alpha value is -1.46. The van der Waals surface area contributed by atoms with Gasteiger partial charge in [0, 0.05) is 51.7 Å². The molecule has 1 unspecified atom stereocenters. The number of hydrogen-bond donors (Lipinski definition) is 0. The number of piperazine rings is 1. The Bertz CT molecular complexity index is 561. The average molecular weight is 347 g/mol. The van der Waals surface area contributed by atoms with Gasteiger partial charge in [-0.2, -0.15) is 0 Å². The molecular formula is C20H30FN3O. The van der Waals surface area contributed by atoms with Gasteiger partial charge in [-0.25, -0.2) is 4.39 Å². The first-order valence-corrected chi connectivity index (χ1v) is 9.54. The Morgan fingerprint density at radius 2 is 1.68 bits per heavy atom. The summed E-state index contributed by atoms with van der Waals surface area (Å²) in [6.07, 6.45) is 2.64. The van der Waals surface area contributed by atoms with Crippen LogP contribution in [0.5, 0.6) is 0 Å². The van der Waals surface area contributed by atoms with Crippen LogP contribution in [0.1, 0.15) is 37.8 Å². The summed E-state index contributed by atoms with van der Waals surface area (Å²) in [6.45, 7) is 7.88. The van der Waals surface area contributed by atoms with Gasteiger partial charge < -0.3 is 9.80 Å². The predicted octanol–water partition coefficient (Wildman–Crippen LogP) is 2.76. The summed E-state index contributed by atoms with van der Waals surface area (Å²) >= 11 is 0. The summed E-state index contributed by atoms with van der Waals surface area (Å²) in [7, 11) is 2.17. The maximum Gasteiger partial charge on any atom is 0.222 e. The minimum Gasteiger partial charge on any atom is -0.343 e. The van der Waals surface area contributed by atoms with E-state index < -0.39 is 0 Å². The molecule has 2 aliphatic rings. The number of piperidine rings is 1. The molecule has 2 aliphatic heterocycles. The molecule has 1 atom stereocenters. The molecule has 2 heterocycles. The monoisotopic (exact) mass is 347 g/mol. The quantitative estimate of drug-likeness (QED) is 0.838. The predicted molar refractivity (Wildman–Crippen MR) is 97.8 cm³/mol. The largest absolute Gasteiger partial charge is 0.343 e. The molecule has 4 nitrogen and oxygen atoms in total. The third-order valence-corrected chi connectivity index (χ3v) is 5.78. The zero-order valence-electron chi connectivity index (χ0n) is 15.5. The van der Waals surface area contributed by atoms with Crippen molar-refractivity contribution < 1.29 is 9.18 Å². The molecule has 1 aromatic carbocycles. The number of likely N-dealkylation sites (tertiary alicyclic amines) is 1. The molecule has 0 bridgehead atoms. The highest BCUT2D eigenvalue weighted by atomic mass is 19.1. The van der Waals surface area contributed by atoms with Gasteiger partial charge in [0.1, 0.15) is 5.82 Å². The lowest BCUT2D eigenvalue weighted by Crippen LogP contribution is -2.49. The van der Waals surface area contributed by atoms with Crippen LogP contribution in [0.4, 0.5) is 4.39 Å². The van der Waals surface area contributed by atoms with E-state index in [4.69, 9.17) is 0 Å². The van der Waals surface area contributed by atoms with Gasteiger partial charge in [-0.1, -0.05) is 19.1 Å². The maximum absolute atomic E-state index is 13.4. The minimum absolute atomic E-state index is 0.177. The molecular weight excluding hydrogens is 317 g/mol. The molecule has 0 saturated carbocycles. The fourth-order valence-corrected chi connectivity index (χ4v) is 4.23. The van der Waals surface area contributed by atoms with Crippen molar-refractivity contribution in [3.8, 4) is 0 Å². The number of rotatable bonds is 4. The lowest BCUT2D eigenvalue weighted by atomic mass is 9.84. The molecule has 0 N–H and O–H groups in total. The van der Waals surface area contributed by atoms with Gasteiger partial charge in [-0.3, -0.25) is 9.69 Å². The highest BCUT2D eigenvalue weighted by Gasteiger charge is 2.33. The highest BCUT2D eigenvalue weighted by molar-refractivity contribution is 5.75. The van der Waals surface area contributed by atoms with E-state index in [0.717, 1.165) is 52.1 Å². The van der Waals surface area contributed by atoms with E-state index in [1.807, 2.05) is 24.0 Å². The van der Waals surface area contributed by atoms with E-state index in [1.54, 1.807) is 12.1 Å². The normalized spacial score (nSPS) is 22.1. The van der Waals surface area contributed by atoms with Gasteiger partial charge in [0.15, 0.2) is 0 Å². The van der Waals surface area contributed by atoms with Gasteiger partial charge in [-0.05, 0) is 43.5 Å². The second-order valence-electron chi connectivity index (χ2n) is 7.41. The van der Waals surface area contributed by atoms with Gasteiger partial charge in [0.2, 0.25) is 5.91 Å². The number of nitrogens with zero attached hydrogens (tertiary/aromatic N) is 3. The Morgan fingerprint density at radius 3 is 2.24 bits per heavy atom. The summed E-state index contributed by atoms with van der Waals surface area (Å²) < 4.78 is 13.4. The van der Waals surface area contributed by atoms with Crippen molar-refractivity contribution >= 4 is 5.91 Å². The van der Waals surface area contributed by atoms with E-state index in [-0.39, 0.29) is 11.7 Å². The van der Waals surface area contributed by atoms with E-state index >= 15 is 0 Å². The van der Waals surface area contributed by atoms with E-state index in [1.165, 1.54) is 5.56 Å². The Balaban J connectivity index is 1.75. The zero-order valence-corrected chi connectivity index (χ0v) is 15.5. The Kier molecular flexibility index (Phi) is 6.07. The average Bonchev–Trinajstić information content (AvgIpc) is 2.65. The topological polar surface area (TPSA) is 26.8 Å². The molecule has 0 aromatic heterocycles. The van der Waals surface area contributed by atoms with Crippen molar-refractivity contribution in [3.05, 3.63) is 35.6 Å². The highest BCUT2D eigenvalue weighted by Crippen LogP contribution is 2.36. The van der Waals surface area contributed by atoms with Crippen LogP contribution in [0.15, 0.2) is 24.3 Å². The smallest absolute Gasteiger partial charge is 0.222 e. The number of carbonyl (C=O) groups is 1. The standard InChI is InChI=1S/C20H30FN3O/c1-3-19(25)23-10-8-17(9-11-23)20(16-4-6-18(21)7-5-16)24-14-12-22(2)13-15-24/h4-7,17,20H,3,8-15H2,1-2H3. The van der Waals surface area contributed by atoms with E-state index in [0.29, 0.717) is 18.4 Å². The number of halogens is 1. The minimum atomic E-state index is -0.177. The molecule has 0 radical (unpaired) electrons. The van der Waals surface area contributed by atoms with Crippen LogP contribution >= 0.6 is 0 Å². The van der Waals surface area contributed by atoms with E-state index in [9.17, 15) is 9.18 Å². The maximum atomic E-state index is 13.4. The molecule has 1 aromatic rings. The first kappa shape index (κ1) is 18.3. The third kappa shape index (κ3) is 4.39. The molecule has 25 heavy (non-hydrogen) atoms. The fourth-order valence-electron chi connectivity index (χ4n) is 4.23. The number of hydrogen-bond acceptors (Lipinski definition) is 3. The molecule has 2 fully saturated rings. The summed E-state index contributed by atoms with van der Waals surface area (Å²) in [5.41, 5.74) is 1.21. The van der Waals surface area contributed by atoms with Gasteiger partial charge in [-0.15, -0.1) is 0 Å². The third-order valence-electron chi connectivity index (χ3n) is 5.78. The van der Waals surface area contributed by atoms with Crippen LogP contribution < -0.4 is 0 Å². The summed E-state index contributed by atoms with van der Waals surface area (Å²) in [4.78, 5) is 18.9. The van der Waals surface area contributed by atoms with Gasteiger partial charge >= 0.3 is 0 Å². The molecule has 5 heteroatoms.